The van der Waals surface area contributed by atoms with Crippen LogP contribution in [0.3, 0.4) is 0 Å². The van der Waals surface area contributed by atoms with E-state index in [0.29, 0.717) is 11.1 Å². The van der Waals surface area contributed by atoms with Gasteiger partial charge < -0.3 is 0 Å². The minimum Gasteiger partial charge on any atom is -0.289 e. The highest BCUT2D eigenvalue weighted by molar-refractivity contribution is 5.89. The molecule has 0 heterocycles. The topological polar surface area (TPSA) is 71.1 Å². The fourth-order valence-corrected chi connectivity index (χ4v) is 1.51. The van der Waals surface area contributed by atoms with Gasteiger partial charge in [-0.15, -0.1) is 9.78 Å². The lowest BCUT2D eigenvalue weighted by Crippen LogP contribution is -2.15. The van der Waals surface area contributed by atoms with Gasteiger partial charge in [-0.05, 0) is 31.2 Å². The summed E-state index contributed by atoms with van der Waals surface area (Å²) >= 11 is 0. The van der Waals surface area contributed by atoms with Crippen LogP contribution in [0.2, 0.25) is 0 Å². The standard InChI is InChI=1S/C17H14O6/c1-2-15(20-22-16(18)13-9-5-3-6-10-13)21-23-17(19)14-11-7-4-8-12-14/h3-12H,1-2H2. The summed E-state index contributed by atoms with van der Waals surface area (Å²) in [6.45, 7) is 3.52. The van der Waals surface area contributed by atoms with E-state index in [1.54, 1.807) is 60.7 Å². The summed E-state index contributed by atoms with van der Waals surface area (Å²) in [7, 11) is 0. The van der Waals surface area contributed by atoms with Gasteiger partial charge >= 0.3 is 18.2 Å². The maximum atomic E-state index is 11.7. The summed E-state index contributed by atoms with van der Waals surface area (Å²) in [4.78, 5) is 41.9. The Morgan fingerprint density at radius 1 is 0.696 bits per heavy atom. The average Bonchev–Trinajstić information content (AvgIpc) is 2.62. The van der Waals surface area contributed by atoms with Crippen molar-refractivity contribution in [1.82, 2.24) is 0 Å². The number of rotatable bonds is 7. The summed E-state index contributed by atoms with van der Waals surface area (Å²) in [5, 5.41) is 0. The van der Waals surface area contributed by atoms with E-state index in [4.69, 9.17) is 9.78 Å². The van der Waals surface area contributed by atoms with Gasteiger partial charge in [-0.1, -0.05) is 36.4 Å². The lowest BCUT2D eigenvalue weighted by Gasteiger charge is -2.11. The molecule has 0 unspecified atom stereocenters. The van der Waals surface area contributed by atoms with Crippen molar-refractivity contribution < 1.29 is 29.1 Å². The molecular formula is C17H14O6. The highest BCUT2D eigenvalue weighted by Gasteiger charge is 2.19. The second kappa shape index (κ2) is 8.67. The van der Waals surface area contributed by atoms with Crippen LogP contribution in [-0.4, -0.2) is 11.9 Å². The molecule has 0 aromatic heterocycles. The molecule has 0 fully saturated rings. The molecule has 0 aliphatic heterocycles. The molecule has 0 N–H and O–H groups in total. The van der Waals surface area contributed by atoms with E-state index in [9.17, 15) is 9.59 Å². The van der Waals surface area contributed by atoms with Crippen molar-refractivity contribution in [3.8, 4) is 0 Å². The first-order chi connectivity index (χ1) is 11.2. The lowest BCUT2D eigenvalue weighted by molar-refractivity contribution is -0.362. The molecular weight excluding hydrogens is 300 g/mol. The second-order valence-corrected chi connectivity index (χ2v) is 4.26. The van der Waals surface area contributed by atoms with Crippen molar-refractivity contribution in [1.29, 1.82) is 0 Å². The molecule has 0 bridgehead atoms. The van der Waals surface area contributed by atoms with Crippen LogP contribution in [0.1, 0.15) is 27.1 Å². The first-order valence-corrected chi connectivity index (χ1v) is 6.73. The number of carbonyl (C=O) groups excluding carboxylic acids is 2. The fraction of sp³-hybridized carbons (Fsp3) is 0.0588. The zero-order chi connectivity index (χ0) is 16.5. The average molecular weight is 314 g/mol. The summed E-state index contributed by atoms with van der Waals surface area (Å²) in [6, 6.07) is 16.5. The summed E-state index contributed by atoms with van der Waals surface area (Å²) in [5.41, 5.74) is 0.606. The smallest absolute Gasteiger partial charge is 0.289 e. The molecule has 0 aliphatic rings. The maximum Gasteiger partial charge on any atom is 0.373 e. The van der Waals surface area contributed by atoms with Gasteiger partial charge in [-0.3, -0.25) is 9.78 Å². The van der Waals surface area contributed by atoms with Crippen LogP contribution < -0.4 is 0 Å². The molecule has 2 aromatic rings. The molecule has 0 saturated heterocycles. The SMILES string of the molecule is [CH2]C[C](OOC(=O)c1ccccc1)OOC(=O)c1ccccc1. The molecule has 2 rings (SSSR count). The van der Waals surface area contributed by atoms with Crippen molar-refractivity contribution in [2.75, 3.05) is 0 Å². The molecule has 2 radical (unpaired) electrons. The van der Waals surface area contributed by atoms with Crippen molar-refractivity contribution >= 4 is 11.9 Å². The van der Waals surface area contributed by atoms with E-state index < -0.39 is 11.9 Å². The van der Waals surface area contributed by atoms with Crippen molar-refractivity contribution in [2.24, 2.45) is 0 Å². The van der Waals surface area contributed by atoms with Crippen LogP contribution in [-0.2, 0) is 19.6 Å². The van der Waals surface area contributed by atoms with E-state index in [0.717, 1.165) is 0 Å². The van der Waals surface area contributed by atoms with E-state index >= 15 is 0 Å². The van der Waals surface area contributed by atoms with Gasteiger partial charge in [0.1, 0.15) is 0 Å². The van der Waals surface area contributed by atoms with Gasteiger partial charge in [-0.25, -0.2) is 9.59 Å². The van der Waals surface area contributed by atoms with Crippen molar-refractivity contribution in [3.63, 3.8) is 0 Å². The number of hydrogen-bond acceptors (Lipinski definition) is 6. The third-order valence-electron chi connectivity index (χ3n) is 2.64. The normalized spacial score (nSPS) is 10.3. The molecule has 6 heteroatoms. The summed E-state index contributed by atoms with van der Waals surface area (Å²) < 4.78 is 0. The predicted molar refractivity (Wildman–Crippen MR) is 79.1 cm³/mol. The largest absolute Gasteiger partial charge is 0.373 e. The van der Waals surface area contributed by atoms with E-state index in [1.165, 1.54) is 0 Å². The molecule has 23 heavy (non-hydrogen) atoms. The summed E-state index contributed by atoms with van der Waals surface area (Å²) in [6.07, 6.45) is -0.289. The van der Waals surface area contributed by atoms with Crippen molar-refractivity contribution in [2.45, 2.75) is 6.42 Å². The Kier molecular flexibility index (Phi) is 6.28. The Morgan fingerprint density at radius 2 is 1.09 bits per heavy atom. The first kappa shape index (κ1) is 16.7. The van der Waals surface area contributed by atoms with Crippen LogP contribution in [0.15, 0.2) is 60.7 Å². The van der Waals surface area contributed by atoms with Gasteiger partial charge in [0.25, 0.3) is 0 Å². The first-order valence-electron chi connectivity index (χ1n) is 6.73. The quantitative estimate of drug-likeness (QED) is 0.577. The fourth-order valence-electron chi connectivity index (χ4n) is 1.51. The van der Waals surface area contributed by atoms with Gasteiger partial charge in [0.2, 0.25) is 0 Å². The molecule has 2 aromatic carbocycles. The molecule has 0 spiro atoms. The van der Waals surface area contributed by atoms with Crippen LogP contribution in [0.4, 0.5) is 0 Å². The Balaban J connectivity index is 1.79. The molecule has 6 nitrogen and oxygen atoms in total. The summed E-state index contributed by atoms with van der Waals surface area (Å²) in [5.74, 6) is -1.43. The monoisotopic (exact) mass is 314 g/mol. The second-order valence-electron chi connectivity index (χ2n) is 4.26. The minimum atomic E-state index is -0.713. The highest BCUT2D eigenvalue weighted by Crippen LogP contribution is 2.14. The van der Waals surface area contributed by atoms with E-state index in [-0.39, 0.29) is 12.7 Å². The van der Waals surface area contributed by atoms with Gasteiger partial charge in [0.15, 0.2) is 0 Å². The zero-order valence-electron chi connectivity index (χ0n) is 12.1. The van der Waals surface area contributed by atoms with Crippen molar-refractivity contribution in [3.05, 3.63) is 85.0 Å². The Hall–Kier alpha value is -2.70. The Morgan fingerprint density at radius 3 is 1.43 bits per heavy atom. The zero-order valence-corrected chi connectivity index (χ0v) is 12.1. The molecule has 0 amide bonds. The molecule has 0 saturated carbocycles. The number of benzene rings is 2. The third-order valence-corrected chi connectivity index (χ3v) is 2.64. The lowest BCUT2D eigenvalue weighted by atomic mass is 10.2. The van der Waals surface area contributed by atoms with E-state index in [1.807, 2.05) is 0 Å². The predicted octanol–water partition coefficient (Wildman–Crippen LogP) is 3.28. The van der Waals surface area contributed by atoms with Crippen LogP contribution in [0.25, 0.3) is 0 Å². The van der Waals surface area contributed by atoms with E-state index in [2.05, 4.69) is 16.7 Å². The highest BCUT2D eigenvalue weighted by atomic mass is 17.3. The van der Waals surface area contributed by atoms with Gasteiger partial charge in [0.05, 0.1) is 11.1 Å². The number of hydrogen-bond donors (Lipinski definition) is 0. The molecule has 0 aliphatic carbocycles. The third kappa shape index (κ3) is 5.21. The Bertz CT molecular complexity index is 571. The number of carbonyl (C=O) groups is 2. The van der Waals surface area contributed by atoms with Crippen LogP contribution in [0.5, 0.6) is 0 Å². The van der Waals surface area contributed by atoms with Gasteiger partial charge in [0, 0.05) is 6.42 Å². The van der Waals surface area contributed by atoms with Crippen LogP contribution in [0, 0.1) is 13.2 Å². The minimum absolute atomic E-state index is 0.0237. The molecule has 118 valence electrons. The van der Waals surface area contributed by atoms with Gasteiger partial charge in [-0.2, -0.15) is 0 Å². The Labute approximate surface area is 133 Å². The molecule has 0 atom stereocenters. The maximum absolute atomic E-state index is 11.7. The van der Waals surface area contributed by atoms with Crippen LogP contribution >= 0.6 is 0 Å².